The van der Waals surface area contributed by atoms with Crippen molar-refractivity contribution in [2.75, 3.05) is 38.7 Å². The average molecular weight is 334 g/mol. The SMILES string of the molecule is COCc1cc(NCC2CN(C3CC3)CCO2)nc(C(C)(C)C)n1. The Balaban J connectivity index is 1.63. The summed E-state index contributed by atoms with van der Waals surface area (Å²) in [4.78, 5) is 11.9. The molecule has 1 aliphatic carbocycles. The first kappa shape index (κ1) is 17.6. The summed E-state index contributed by atoms with van der Waals surface area (Å²) in [6, 6.07) is 2.77. The zero-order chi connectivity index (χ0) is 17.2. The van der Waals surface area contributed by atoms with Crippen molar-refractivity contribution in [2.45, 2.75) is 57.8 Å². The maximum atomic E-state index is 5.91. The summed E-state index contributed by atoms with van der Waals surface area (Å²) < 4.78 is 11.2. The van der Waals surface area contributed by atoms with Crippen molar-refractivity contribution < 1.29 is 9.47 Å². The van der Waals surface area contributed by atoms with Crippen LogP contribution in [0.5, 0.6) is 0 Å². The van der Waals surface area contributed by atoms with Gasteiger partial charge in [0.1, 0.15) is 11.6 Å². The van der Waals surface area contributed by atoms with Crippen LogP contribution in [0.2, 0.25) is 0 Å². The van der Waals surface area contributed by atoms with Gasteiger partial charge in [0.15, 0.2) is 0 Å². The third-order valence-corrected chi connectivity index (χ3v) is 4.49. The van der Waals surface area contributed by atoms with E-state index < -0.39 is 0 Å². The molecule has 6 heteroatoms. The summed E-state index contributed by atoms with van der Waals surface area (Å²) in [5, 5.41) is 3.45. The molecule has 6 nitrogen and oxygen atoms in total. The monoisotopic (exact) mass is 334 g/mol. The Kier molecular flexibility index (Phi) is 5.37. The van der Waals surface area contributed by atoms with Crippen molar-refractivity contribution in [3.05, 3.63) is 17.6 Å². The van der Waals surface area contributed by atoms with E-state index in [9.17, 15) is 0 Å². The van der Waals surface area contributed by atoms with E-state index in [1.54, 1.807) is 7.11 Å². The number of nitrogens with one attached hydrogen (secondary N) is 1. The number of aromatic nitrogens is 2. The summed E-state index contributed by atoms with van der Waals surface area (Å²) in [6.07, 6.45) is 2.92. The number of hydrogen-bond donors (Lipinski definition) is 1. The number of ether oxygens (including phenoxy) is 2. The van der Waals surface area contributed by atoms with E-state index in [-0.39, 0.29) is 11.5 Å². The van der Waals surface area contributed by atoms with Gasteiger partial charge < -0.3 is 14.8 Å². The summed E-state index contributed by atoms with van der Waals surface area (Å²) in [5.41, 5.74) is 0.814. The van der Waals surface area contributed by atoms with Crippen LogP contribution in [0.4, 0.5) is 5.82 Å². The van der Waals surface area contributed by atoms with Crippen LogP contribution in [-0.2, 0) is 21.5 Å². The Morgan fingerprint density at radius 2 is 2.12 bits per heavy atom. The van der Waals surface area contributed by atoms with Crippen molar-refractivity contribution >= 4 is 5.82 Å². The Morgan fingerprint density at radius 1 is 1.33 bits per heavy atom. The molecule has 2 aliphatic rings. The van der Waals surface area contributed by atoms with E-state index in [0.29, 0.717) is 6.61 Å². The van der Waals surface area contributed by atoms with Gasteiger partial charge in [0, 0.05) is 44.3 Å². The van der Waals surface area contributed by atoms with Crippen LogP contribution in [0.1, 0.15) is 45.1 Å². The molecule has 0 amide bonds. The van der Waals surface area contributed by atoms with Gasteiger partial charge in [0.2, 0.25) is 0 Å². The first-order chi connectivity index (χ1) is 11.5. The minimum atomic E-state index is -0.0930. The van der Waals surface area contributed by atoms with Crippen molar-refractivity contribution in [3.8, 4) is 0 Å². The highest BCUT2D eigenvalue weighted by Crippen LogP contribution is 2.28. The number of nitrogens with zero attached hydrogens (tertiary/aromatic N) is 3. The second kappa shape index (κ2) is 7.33. The van der Waals surface area contributed by atoms with Crippen molar-refractivity contribution in [1.82, 2.24) is 14.9 Å². The predicted octanol–water partition coefficient (Wildman–Crippen LogP) is 2.20. The van der Waals surface area contributed by atoms with E-state index in [4.69, 9.17) is 14.5 Å². The lowest BCUT2D eigenvalue weighted by atomic mass is 9.95. The van der Waals surface area contributed by atoms with E-state index in [1.165, 1.54) is 12.8 Å². The molecule has 0 spiro atoms. The van der Waals surface area contributed by atoms with E-state index in [0.717, 1.165) is 49.6 Å². The van der Waals surface area contributed by atoms with E-state index in [2.05, 4.69) is 36.0 Å². The highest BCUT2D eigenvalue weighted by atomic mass is 16.5. The molecule has 1 aromatic rings. The molecule has 1 saturated carbocycles. The molecule has 1 aromatic heterocycles. The van der Waals surface area contributed by atoms with Crippen LogP contribution in [-0.4, -0.2) is 60.4 Å². The molecule has 0 bridgehead atoms. The number of methoxy groups -OCH3 is 1. The molecule has 3 rings (SSSR count). The number of morpholine rings is 1. The highest BCUT2D eigenvalue weighted by Gasteiger charge is 2.32. The largest absolute Gasteiger partial charge is 0.378 e. The fourth-order valence-corrected chi connectivity index (χ4v) is 3.00. The van der Waals surface area contributed by atoms with Gasteiger partial charge in [-0.3, -0.25) is 4.90 Å². The molecule has 1 unspecified atom stereocenters. The van der Waals surface area contributed by atoms with Crippen molar-refractivity contribution in [3.63, 3.8) is 0 Å². The van der Waals surface area contributed by atoms with Gasteiger partial charge in [-0.1, -0.05) is 20.8 Å². The molecule has 0 radical (unpaired) electrons. The van der Waals surface area contributed by atoms with Gasteiger partial charge in [-0.05, 0) is 12.8 Å². The van der Waals surface area contributed by atoms with Crippen LogP contribution >= 0.6 is 0 Å². The molecule has 24 heavy (non-hydrogen) atoms. The molecule has 1 N–H and O–H groups in total. The zero-order valence-electron chi connectivity index (χ0n) is 15.3. The summed E-state index contributed by atoms with van der Waals surface area (Å²) in [7, 11) is 1.69. The van der Waals surface area contributed by atoms with E-state index >= 15 is 0 Å². The molecule has 1 aliphatic heterocycles. The Labute approximate surface area is 145 Å². The first-order valence-electron chi connectivity index (χ1n) is 8.92. The van der Waals surface area contributed by atoms with Gasteiger partial charge in [-0.2, -0.15) is 0 Å². The number of rotatable bonds is 6. The van der Waals surface area contributed by atoms with Crippen LogP contribution in [0, 0.1) is 0 Å². The summed E-state index contributed by atoms with van der Waals surface area (Å²) in [5.74, 6) is 1.69. The van der Waals surface area contributed by atoms with Crippen LogP contribution < -0.4 is 5.32 Å². The van der Waals surface area contributed by atoms with Gasteiger partial charge in [-0.15, -0.1) is 0 Å². The molecule has 0 aromatic carbocycles. The predicted molar refractivity (Wildman–Crippen MR) is 94.3 cm³/mol. The highest BCUT2D eigenvalue weighted by molar-refractivity contribution is 5.37. The maximum absolute atomic E-state index is 5.91. The molecule has 2 heterocycles. The Morgan fingerprint density at radius 3 is 2.79 bits per heavy atom. The molecule has 2 fully saturated rings. The normalized spacial score (nSPS) is 22.6. The lowest BCUT2D eigenvalue weighted by Gasteiger charge is -2.33. The quantitative estimate of drug-likeness (QED) is 0.861. The number of anilines is 1. The van der Waals surface area contributed by atoms with E-state index in [1.807, 2.05) is 6.07 Å². The second-order valence-corrected chi connectivity index (χ2v) is 7.85. The summed E-state index contributed by atoms with van der Waals surface area (Å²) >= 11 is 0. The lowest BCUT2D eigenvalue weighted by Crippen LogP contribution is -2.46. The molecule has 1 saturated heterocycles. The fourth-order valence-electron chi connectivity index (χ4n) is 3.00. The minimum Gasteiger partial charge on any atom is -0.378 e. The smallest absolute Gasteiger partial charge is 0.136 e. The zero-order valence-corrected chi connectivity index (χ0v) is 15.3. The Hall–Kier alpha value is -1.24. The third-order valence-electron chi connectivity index (χ3n) is 4.49. The topological polar surface area (TPSA) is 59.5 Å². The second-order valence-electron chi connectivity index (χ2n) is 7.85. The molecule has 134 valence electrons. The van der Waals surface area contributed by atoms with Gasteiger partial charge in [0.25, 0.3) is 0 Å². The van der Waals surface area contributed by atoms with Crippen LogP contribution in [0.3, 0.4) is 0 Å². The maximum Gasteiger partial charge on any atom is 0.136 e. The fraction of sp³-hybridized carbons (Fsp3) is 0.778. The average Bonchev–Trinajstić information content (AvgIpc) is 3.37. The lowest BCUT2D eigenvalue weighted by molar-refractivity contribution is -0.0241. The first-order valence-corrected chi connectivity index (χ1v) is 8.92. The van der Waals surface area contributed by atoms with Gasteiger partial charge in [0.05, 0.1) is 25.0 Å². The van der Waals surface area contributed by atoms with Crippen LogP contribution in [0.15, 0.2) is 6.07 Å². The van der Waals surface area contributed by atoms with Crippen molar-refractivity contribution in [2.24, 2.45) is 0 Å². The van der Waals surface area contributed by atoms with Gasteiger partial charge in [-0.25, -0.2) is 9.97 Å². The molecular formula is C18H30N4O2. The Bertz CT molecular complexity index is 554. The number of hydrogen-bond acceptors (Lipinski definition) is 6. The molecular weight excluding hydrogens is 304 g/mol. The van der Waals surface area contributed by atoms with Gasteiger partial charge >= 0.3 is 0 Å². The third kappa shape index (κ3) is 4.65. The van der Waals surface area contributed by atoms with Crippen LogP contribution in [0.25, 0.3) is 0 Å². The summed E-state index contributed by atoms with van der Waals surface area (Å²) in [6.45, 7) is 10.6. The van der Waals surface area contributed by atoms with Crippen molar-refractivity contribution in [1.29, 1.82) is 0 Å². The molecule has 1 atom stereocenters. The standard InChI is InChI=1S/C18H30N4O2/c1-18(2,3)17-20-13(12-23-4)9-16(21-17)19-10-15-11-22(7-8-24-15)14-5-6-14/h9,14-15H,5-8,10-12H2,1-4H3,(H,19,20,21). The minimum absolute atomic E-state index is 0.0930.